The molecule has 2 aromatic carbocycles. The highest BCUT2D eigenvalue weighted by Gasteiger charge is 2.02. The van der Waals surface area contributed by atoms with Crippen molar-refractivity contribution in [3.05, 3.63) is 59.7 Å². The molecule has 0 aromatic heterocycles. The minimum absolute atomic E-state index is 0.141. The van der Waals surface area contributed by atoms with Crippen LogP contribution in [-0.2, 0) is 11.3 Å². The highest BCUT2D eigenvalue weighted by Crippen LogP contribution is 2.21. The van der Waals surface area contributed by atoms with Crippen molar-refractivity contribution in [2.24, 2.45) is 10.7 Å². The summed E-state index contributed by atoms with van der Waals surface area (Å²) < 4.78 is 5.07. The molecular formula is C19H25N3O. The summed E-state index contributed by atoms with van der Waals surface area (Å²) in [5, 5.41) is 3.11. The average molecular weight is 311 g/mol. The number of aryl methyl sites for hydroxylation is 1. The summed E-state index contributed by atoms with van der Waals surface area (Å²) in [5.41, 5.74) is 10.7. The molecule has 0 aliphatic carbocycles. The number of hydrogen-bond acceptors (Lipinski definition) is 2. The summed E-state index contributed by atoms with van der Waals surface area (Å²) in [7, 11) is 1.67. The number of nitrogens with one attached hydrogen (secondary N) is 1. The molecule has 0 fully saturated rings. The molecule has 1 unspecified atom stereocenters. The SMILES string of the molecule is COCC(C)NC(N)=NCc1cccc(-c2cccc(C)c2)c1. The molecule has 0 aliphatic rings. The normalized spacial score (nSPS) is 12.9. The Bertz CT molecular complexity index is 667. The lowest BCUT2D eigenvalue weighted by Gasteiger charge is -2.13. The van der Waals surface area contributed by atoms with Crippen molar-refractivity contribution >= 4 is 5.96 Å². The molecule has 4 nitrogen and oxygen atoms in total. The summed E-state index contributed by atoms with van der Waals surface area (Å²) in [6, 6.07) is 17.0. The molecule has 0 heterocycles. The van der Waals surface area contributed by atoms with E-state index in [2.05, 4.69) is 65.8 Å². The van der Waals surface area contributed by atoms with Crippen molar-refractivity contribution in [1.82, 2.24) is 5.32 Å². The summed E-state index contributed by atoms with van der Waals surface area (Å²) in [6.07, 6.45) is 0. The van der Waals surface area contributed by atoms with Gasteiger partial charge in [-0.1, -0.05) is 48.0 Å². The summed E-state index contributed by atoms with van der Waals surface area (Å²) in [5.74, 6) is 0.440. The molecule has 2 aromatic rings. The zero-order chi connectivity index (χ0) is 16.7. The third-order valence-corrected chi connectivity index (χ3v) is 3.52. The van der Waals surface area contributed by atoms with E-state index < -0.39 is 0 Å². The van der Waals surface area contributed by atoms with Crippen LogP contribution in [0.3, 0.4) is 0 Å². The van der Waals surface area contributed by atoms with E-state index in [-0.39, 0.29) is 6.04 Å². The van der Waals surface area contributed by atoms with Gasteiger partial charge < -0.3 is 15.8 Å². The summed E-state index contributed by atoms with van der Waals surface area (Å²) >= 11 is 0. The standard InChI is InChI=1S/C19H25N3O/c1-14-6-4-8-17(10-14)18-9-5-7-16(11-18)12-21-19(20)22-15(2)13-23-3/h4-11,15H,12-13H2,1-3H3,(H3,20,21,22). The number of hydrogen-bond donors (Lipinski definition) is 2. The van der Waals surface area contributed by atoms with E-state index in [4.69, 9.17) is 10.5 Å². The largest absolute Gasteiger partial charge is 0.383 e. The van der Waals surface area contributed by atoms with Crippen molar-refractivity contribution in [2.75, 3.05) is 13.7 Å². The number of aliphatic imine (C=N–C) groups is 1. The molecule has 0 saturated heterocycles. The zero-order valence-electron chi connectivity index (χ0n) is 14.0. The highest BCUT2D eigenvalue weighted by molar-refractivity contribution is 5.78. The van der Waals surface area contributed by atoms with E-state index in [1.165, 1.54) is 16.7 Å². The maximum Gasteiger partial charge on any atom is 0.189 e. The van der Waals surface area contributed by atoms with Crippen LogP contribution < -0.4 is 11.1 Å². The van der Waals surface area contributed by atoms with Crippen molar-refractivity contribution in [1.29, 1.82) is 0 Å². The van der Waals surface area contributed by atoms with Gasteiger partial charge in [0.05, 0.1) is 13.2 Å². The molecule has 1 atom stereocenters. The molecule has 0 saturated carbocycles. The smallest absolute Gasteiger partial charge is 0.189 e. The Balaban J connectivity index is 2.05. The second kappa shape index (κ2) is 8.34. The van der Waals surface area contributed by atoms with Crippen LogP contribution in [0.1, 0.15) is 18.1 Å². The predicted octanol–water partition coefficient (Wildman–Crippen LogP) is 3.10. The second-order valence-corrected chi connectivity index (χ2v) is 5.77. The summed E-state index contributed by atoms with van der Waals surface area (Å²) in [4.78, 5) is 4.40. The Hall–Kier alpha value is -2.33. The lowest BCUT2D eigenvalue weighted by molar-refractivity contribution is 0.179. The minimum atomic E-state index is 0.141. The van der Waals surface area contributed by atoms with Gasteiger partial charge in [0.25, 0.3) is 0 Å². The first-order valence-corrected chi connectivity index (χ1v) is 7.80. The third-order valence-electron chi connectivity index (χ3n) is 3.52. The monoisotopic (exact) mass is 311 g/mol. The molecule has 0 spiro atoms. The predicted molar refractivity (Wildman–Crippen MR) is 96.4 cm³/mol. The number of benzene rings is 2. The molecule has 4 heteroatoms. The molecular weight excluding hydrogens is 286 g/mol. The van der Waals surface area contributed by atoms with E-state index >= 15 is 0 Å². The van der Waals surface area contributed by atoms with Gasteiger partial charge in [0.1, 0.15) is 0 Å². The van der Waals surface area contributed by atoms with Gasteiger partial charge in [-0.3, -0.25) is 0 Å². The van der Waals surface area contributed by atoms with Gasteiger partial charge in [-0.25, -0.2) is 4.99 Å². The fourth-order valence-corrected chi connectivity index (χ4v) is 2.44. The first-order valence-electron chi connectivity index (χ1n) is 7.80. The number of nitrogens with two attached hydrogens (primary N) is 1. The first kappa shape index (κ1) is 17.0. The van der Waals surface area contributed by atoms with Crippen molar-refractivity contribution < 1.29 is 4.74 Å². The van der Waals surface area contributed by atoms with Crippen LogP contribution in [0.5, 0.6) is 0 Å². The Kier molecular flexibility index (Phi) is 6.18. The van der Waals surface area contributed by atoms with E-state index in [1.54, 1.807) is 7.11 Å². The number of nitrogens with zero attached hydrogens (tertiary/aromatic N) is 1. The number of methoxy groups -OCH3 is 1. The van der Waals surface area contributed by atoms with Crippen LogP contribution in [0.4, 0.5) is 0 Å². The summed E-state index contributed by atoms with van der Waals surface area (Å²) in [6.45, 7) is 5.26. The fourth-order valence-electron chi connectivity index (χ4n) is 2.44. The van der Waals surface area contributed by atoms with Gasteiger partial charge in [0, 0.05) is 13.2 Å². The maximum absolute atomic E-state index is 5.91. The highest BCUT2D eigenvalue weighted by atomic mass is 16.5. The van der Waals surface area contributed by atoms with Gasteiger partial charge >= 0.3 is 0 Å². The van der Waals surface area contributed by atoms with Crippen LogP contribution in [-0.4, -0.2) is 25.7 Å². The topological polar surface area (TPSA) is 59.6 Å². The Labute approximate surface area is 138 Å². The van der Waals surface area contributed by atoms with Gasteiger partial charge in [-0.2, -0.15) is 0 Å². The van der Waals surface area contributed by atoms with Crippen LogP contribution in [0.25, 0.3) is 11.1 Å². The van der Waals surface area contributed by atoms with Crippen LogP contribution in [0.15, 0.2) is 53.5 Å². The Morgan fingerprint density at radius 3 is 2.57 bits per heavy atom. The van der Waals surface area contributed by atoms with E-state index in [0.717, 1.165) is 5.56 Å². The minimum Gasteiger partial charge on any atom is -0.383 e. The van der Waals surface area contributed by atoms with Crippen molar-refractivity contribution in [2.45, 2.75) is 26.4 Å². The molecule has 2 rings (SSSR count). The van der Waals surface area contributed by atoms with E-state index in [1.807, 2.05) is 6.92 Å². The molecule has 0 bridgehead atoms. The number of ether oxygens (including phenoxy) is 1. The lowest BCUT2D eigenvalue weighted by Crippen LogP contribution is -2.40. The lowest BCUT2D eigenvalue weighted by atomic mass is 10.0. The van der Waals surface area contributed by atoms with Crippen molar-refractivity contribution in [3.8, 4) is 11.1 Å². The average Bonchev–Trinajstić information content (AvgIpc) is 2.53. The number of guanidine groups is 1. The van der Waals surface area contributed by atoms with Crippen LogP contribution in [0.2, 0.25) is 0 Å². The Morgan fingerprint density at radius 1 is 1.17 bits per heavy atom. The first-order chi connectivity index (χ1) is 11.1. The molecule has 23 heavy (non-hydrogen) atoms. The van der Waals surface area contributed by atoms with Gasteiger partial charge in [0.2, 0.25) is 0 Å². The zero-order valence-corrected chi connectivity index (χ0v) is 14.0. The fraction of sp³-hybridized carbons (Fsp3) is 0.316. The number of rotatable bonds is 6. The second-order valence-electron chi connectivity index (χ2n) is 5.77. The van der Waals surface area contributed by atoms with Crippen LogP contribution >= 0.6 is 0 Å². The van der Waals surface area contributed by atoms with E-state index in [0.29, 0.717) is 19.1 Å². The Morgan fingerprint density at radius 2 is 1.87 bits per heavy atom. The molecule has 3 N–H and O–H groups in total. The van der Waals surface area contributed by atoms with Gasteiger partial charge in [-0.05, 0) is 36.6 Å². The third kappa shape index (κ3) is 5.42. The molecule has 0 amide bonds. The van der Waals surface area contributed by atoms with Gasteiger partial charge in [0.15, 0.2) is 5.96 Å². The van der Waals surface area contributed by atoms with Crippen molar-refractivity contribution in [3.63, 3.8) is 0 Å². The molecule has 0 radical (unpaired) electrons. The van der Waals surface area contributed by atoms with Gasteiger partial charge in [-0.15, -0.1) is 0 Å². The molecule has 122 valence electrons. The molecule has 0 aliphatic heterocycles. The van der Waals surface area contributed by atoms with Crippen LogP contribution in [0, 0.1) is 6.92 Å². The quantitative estimate of drug-likeness (QED) is 0.636. The maximum atomic E-state index is 5.91. The van der Waals surface area contributed by atoms with E-state index in [9.17, 15) is 0 Å².